The number of rotatable bonds is 7. The van der Waals surface area contributed by atoms with E-state index in [9.17, 15) is 28.7 Å². The van der Waals surface area contributed by atoms with Crippen LogP contribution in [-0.4, -0.2) is 51.0 Å². The van der Waals surface area contributed by atoms with Gasteiger partial charge in [-0.3, -0.25) is 15.3 Å². The molecule has 3 amide bonds. The molecule has 0 spiro atoms. The number of carbonyl (C=O) groups excluding carboxylic acids is 3. The van der Waals surface area contributed by atoms with Crippen molar-refractivity contribution < 1.29 is 42.9 Å². The highest BCUT2D eigenvalue weighted by Gasteiger charge is 2.32. The molecular formula is C27H37N4O9P. The Hall–Kier alpha value is -3.93. The van der Waals surface area contributed by atoms with Crippen LogP contribution in [0.2, 0.25) is 0 Å². The summed E-state index contributed by atoms with van der Waals surface area (Å²) in [7, 11) is -4.80. The molecule has 2 rings (SSSR count). The van der Waals surface area contributed by atoms with Crippen molar-refractivity contribution in [2.24, 2.45) is 0 Å². The first-order chi connectivity index (χ1) is 18.8. The molecule has 1 unspecified atom stereocenters. The first-order valence-corrected chi connectivity index (χ1v) is 14.3. The van der Waals surface area contributed by atoms with E-state index in [4.69, 9.17) is 19.6 Å². The number of amides is 3. The van der Waals surface area contributed by atoms with Crippen molar-refractivity contribution in [2.75, 3.05) is 4.90 Å². The highest BCUT2D eigenvalue weighted by atomic mass is 31.2. The first-order valence-electron chi connectivity index (χ1n) is 12.6. The van der Waals surface area contributed by atoms with Crippen LogP contribution in [-0.2, 0) is 31.8 Å². The van der Waals surface area contributed by atoms with Gasteiger partial charge in [0.1, 0.15) is 23.6 Å². The number of alkyl carbamates (subject to hydrolysis) is 2. The average molecular weight is 593 g/mol. The third kappa shape index (κ3) is 12.0. The van der Waals surface area contributed by atoms with Gasteiger partial charge in [0.15, 0.2) is 0 Å². The molecule has 0 aromatic heterocycles. The van der Waals surface area contributed by atoms with Crippen molar-refractivity contribution in [3.63, 3.8) is 0 Å². The van der Waals surface area contributed by atoms with Crippen LogP contribution >= 0.6 is 7.60 Å². The van der Waals surface area contributed by atoms with Gasteiger partial charge in [-0.25, -0.2) is 19.3 Å². The third-order valence-electron chi connectivity index (χ3n) is 4.95. The molecule has 0 bridgehead atoms. The summed E-state index contributed by atoms with van der Waals surface area (Å²) in [6.45, 7) is 9.75. The maximum Gasteiger partial charge on any atom is 0.421 e. The fraction of sp³-hybridized carbons (Fsp3) is 0.407. The minimum Gasteiger partial charge on any atom is -0.445 e. The third-order valence-corrected chi connectivity index (χ3v) is 6.07. The Morgan fingerprint density at radius 2 is 1.44 bits per heavy atom. The molecule has 0 fully saturated rings. The second kappa shape index (κ2) is 13.6. The molecule has 0 aliphatic rings. The summed E-state index contributed by atoms with van der Waals surface area (Å²) in [5, 5.41) is 12.7. The Kier molecular flexibility index (Phi) is 11.1. The molecule has 2 aromatic rings. The Balaban J connectivity index is 2.20. The number of carbonyl (C=O) groups is 3. The highest BCUT2D eigenvalue weighted by Crippen LogP contribution is 2.41. The number of hydrogen-bond acceptors (Lipinski definition) is 8. The molecule has 14 heteroatoms. The van der Waals surface area contributed by atoms with Gasteiger partial charge in [-0.1, -0.05) is 42.5 Å². The molecule has 0 aliphatic heterocycles. The van der Waals surface area contributed by atoms with Crippen LogP contribution in [0.5, 0.6) is 0 Å². The molecular weight excluding hydrogens is 555 g/mol. The van der Waals surface area contributed by atoms with Gasteiger partial charge in [-0.15, -0.1) is 0 Å². The Labute approximate surface area is 238 Å². The van der Waals surface area contributed by atoms with Crippen molar-refractivity contribution >= 4 is 37.5 Å². The van der Waals surface area contributed by atoms with E-state index in [0.717, 1.165) is 4.90 Å². The normalized spacial score (nSPS) is 12.5. The zero-order valence-corrected chi connectivity index (χ0v) is 24.7. The fourth-order valence-corrected chi connectivity index (χ4v) is 3.97. The number of hydrogen-bond donors (Lipinski definition) is 5. The lowest BCUT2D eigenvalue weighted by Gasteiger charge is -2.28. The largest absolute Gasteiger partial charge is 0.445 e. The number of nitrogens with zero attached hydrogens (tertiary/aromatic N) is 1. The number of ether oxygens (including phenoxy) is 3. The van der Waals surface area contributed by atoms with E-state index in [0.29, 0.717) is 11.1 Å². The van der Waals surface area contributed by atoms with Gasteiger partial charge in [0.05, 0.1) is 5.69 Å². The molecule has 0 aliphatic carbocycles. The number of anilines is 1. The van der Waals surface area contributed by atoms with Gasteiger partial charge in [0.2, 0.25) is 5.96 Å². The molecule has 13 nitrogen and oxygen atoms in total. The highest BCUT2D eigenvalue weighted by molar-refractivity contribution is 7.52. The Morgan fingerprint density at radius 1 is 0.878 bits per heavy atom. The summed E-state index contributed by atoms with van der Waals surface area (Å²) < 4.78 is 27.7. The molecule has 0 radical (unpaired) electrons. The maximum absolute atomic E-state index is 13.0. The second-order valence-corrected chi connectivity index (χ2v) is 12.8. The number of benzene rings is 2. The van der Waals surface area contributed by atoms with Gasteiger partial charge in [-0.05, 0) is 64.8 Å². The zero-order chi connectivity index (χ0) is 31.0. The van der Waals surface area contributed by atoms with Gasteiger partial charge in [0, 0.05) is 6.42 Å². The van der Waals surface area contributed by atoms with E-state index in [-0.39, 0.29) is 18.7 Å². The van der Waals surface area contributed by atoms with E-state index in [2.05, 4.69) is 10.6 Å². The van der Waals surface area contributed by atoms with E-state index in [1.165, 1.54) is 24.3 Å². The predicted octanol–water partition coefficient (Wildman–Crippen LogP) is 4.86. The number of guanidine groups is 1. The van der Waals surface area contributed by atoms with Crippen molar-refractivity contribution in [1.82, 2.24) is 10.6 Å². The SMILES string of the molecule is CC(C)(C)OC(=O)NC(=N)N(C(=O)OC(C)(C)C)c1ccc(CC(NC(=O)OCc2ccccc2)P(=O)(O)O)cc1. The predicted molar refractivity (Wildman–Crippen MR) is 152 cm³/mol. The molecule has 2 aromatic carbocycles. The van der Waals surface area contributed by atoms with Crippen LogP contribution in [0.15, 0.2) is 54.6 Å². The van der Waals surface area contributed by atoms with Crippen LogP contribution < -0.4 is 15.5 Å². The fourth-order valence-electron chi connectivity index (χ4n) is 3.25. The van der Waals surface area contributed by atoms with E-state index < -0.39 is 48.8 Å². The van der Waals surface area contributed by atoms with E-state index in [1.807, 2.05) is 0 Å². The topological polar surface area (TPSA) is 188 Å². The summed E-state index contributed by atoms with van der Waals surface area (Å²) in [6.07, 6.45) is -3.19. The number of nitrogens with one attached hydrogen (secondary N) is 3. The van der Waals surface area contributed by atoms with Crippen molar-refractivity contribution in [1.29, 1.82) is 5.41 Å². The lowest BCUT2D eigenvalue weighted by Crippen LogP contribution is -2.49. The van der Waals surface area contributed by atoms with Gasteiger partial charge < -0.3 is 29.3 Å². The Morgan fingerprint density at radius 3 is 1.95 bits per heavy atom. The van der Waals surface area contributed by atoms with Crippen molar-refractivity contribution in [3.05, 3.63) is 65.7 Å². The lowest BCUT2D eigenvalue weighted by atomic mass is 10.1. The van der Waals surface area contributed by atoms with Crippen LogP contribution in [0.25, 0.3) is 0 Å². The summed E-state index contributed by atoms with van der Waals surface area (Å²) in [6, 6.07) is 14.5. The molecule has 41 heavy (non-hydrogen) atoms. The minimum absolute atomic E-state index is 0.0843. The standard InChI is InChI=1S/C27H37N4O9P/c1-26(2,3)39-24(33)30-22(28)31(25(34)40-27(4,5)6)20-14-12-18(13-15-20)16-21(41(35,36)37)29-23(32)38-17-19-10-8-7-9-11-19/h7-15,21H,16-17H2,1-6H3,(H,29,32)(H2,28,30,33)(H2,35,36,37). The van der Waals surface area contributed by atoms with Gasteiger partial charge in [0.25, 0.3) is 0 Å². The maximum atomic E-state index is 13.0. The average Bonchev–Trinajstić information content (AvgIpc) is 2.81. The monoisotopic (exact) mass is 592 g/mol. The second-order valence-electron chi connectivity index (χ2n) is 11.0. The minimum atomic E-state index is -4.80. The van der Waals surface area contributed by atoms with Crippen LogP contribution in [0.3, 0.4) is 0 Å². The van der Waals surface area contributed by atoms with Crippen molar-refractivity contribution in [3.8, 4) is 0 Å². The molecule has 5 N–H and O–H groups in total. The zero-order valence-electron chi connectivity index (χ0n) is 23.8. The first kappa shape index (κ1) is 33.3. The summed E-state index contributed by atoms with van der Waals surface area (Å²) in [5.74, 6) is -2.23. The molecule has 0 saturated carbocycles. The lowest BCUT2D eigenvalue weighted by molar-refractivity contribution is 0.0558. The molecule has 1 atom stereocenters. The van der Waals surface area contributed by atoms with Crippen LogP contribution in [0.4, 0.5) is 20.1 Å². The molecule has 224 valence electrons. The summed E-state index contributed by atoms with van der Waals surface area (Å²) in [4.78, 5) is 57.9. The Bertz CT molecular complexity index is 1270. The van der Waals surface area contributed by atoms with E-state index in [1.54, 1.807) is 71.9 Å². The van der Waals surface area contributed by atoms with Gasteiger partial charge >= 0.3 is 25.9 Å². The molecule has 0 saturated heterocycles. The summed E-state index contributed by atoms with van der Waals surface area (Å²) >= 11 is 0. The quantitative estimate of drug-likeness (QED) is 0.129. The molecule has 0 heterocycles. The van der Waals surface area contributed by atoms with Gasteiger partial charge in [-0.2, -0.15) is 0 Å². The van der Waals surface area contributed by atoms with E-state index >= 15 is 0 Å². The van der Waals surface area contributed by atoms with Crippen LogP contribution in [0, 0.1) is 5.41 Å². The van der Waals surface area contributed by atoms with Crippen LogP contribution in [0.1, 0.15) is 52.7 Å². The smallest absolute Gasteiger partial charge is 0.421 e. The van der Waals surface area contributed by atoms with Crippen molar-refractivity contribution in [2.45, 2.75) is 71.6 Å². The summed E-state index contributed by atoms with van der Waals surface area (Å²) in [5.41, 5.74) is -0.556.